The fraction of sp³-hybridized carbons (Fsp3) is 0.182. The van der Waals surface area contributed by atoms with Crippen molar-refractivity contribution >= 4 is 32.6 Å². The molecule has 0 atom stereocenters. The zero-order valence-electron chi connectivity index (χ0n) is 9.65. The summed E-state index contributed by atoms with van der Waals surface area (Å²) in [5, 5.41) is 0.719. The number of nitrogens with one attached hydrogen (secondary N) is 1. The molecule has 18 heavy (non-hydrogen) atoms. The van der Waals surface area contributed by atoms with Gasteiger partial charge in [-0.3, -0.25) is 4.79 Å². The lowest BCUT2D eigenvalue weighted by molar-refractivity contribution is 0.490. The second-order valence-electron chi connectivity index (χ2n) is 3.92. The van der Waals surface area contributed by atoms with E-state index in [1.54, 1.807) is 13.0 Å². The molecule has 7 heteroatoms. The number of pyridine rings is 1. The molecule has 0 saturated heterocycles. The number of rotatable bonds is 2. The van der Waals surface area contributed by atoms with Crippen LogP contribution in [0.2, 0.25) is 5.02 Å². The van der Waals surface area contributed by atoms with Crippen LogP contribution < -0.4 is 9.61 Å². The van der Waals surface area contributed by atoms with Gasteiger partial charge in [0.2, 0.25) is 11.2 Å². The van der Waals surface area contributed by atoms with Crippen molar-refractivity contribution in [2.24, 2.45) is 0 Å². The Morgan fingerprint density at radius 2 is 2.00 bits per heavy atom. The van der Waals surface area contributed by atoms with Crippen LogP contribution in [0.1, 0.15) is 5.56 Å². The minimum Gasteiger partial charge on any atom is -0.377 e. The van der Waals surface area contributed by atoms with Crippen molar-refractivity contribution in [3.8, 4) is 5.75 Å². The third-order valence-electron chi connectivity index (χ3n) is 2.37. The van der Waals surface area contributed by atoms with E-state index < -0.39 is 15.5 Å². The lowest BCUT2D eigenvalue weighted by Crippen LogP contribution is -2.14. The number of halogens is 1. The van der Waals surface area contributed by atoms with Crippen LogP contribution in [-0.2, 0) is 10.1 Å². The van der Waals surface area contributed by atoms with E-state index in [4.69, 9.17) is 11.6 Å². The molecule has 2 rings (SSSR count). The van der Waals surface area contributed by atoms with Gasteiger partial charge in [0.25, 0.3) is 0 Å². The van der Waals surface area contributed by atoms with Crippen LogP contribution in [0.15, 0.2) is 23.1 Å². The summed E-state index contributed by atoms with van der Waals surface area (Å²) in [6.07, 6.45) is 2.10. The summed E-state index contributed by atoms with van der Waals surface area (Å²) in [6.45, 7) is 1.81. The molecule has 0 aliphatic heterocycles. The third kappa shape index (κ3) is 2.49. The molecule has 1 aromatic heterocycles. The first-order chi connectivity index (χ1) is 8.28. The molecule has 96 valence electrons. The largest absolute Gasteiger partial charge is 0.377 e. The lowest BCUT2D eigenvalue weighted by Gasteiger charge is -2.05. The van der Waals surface area contributed by atoms with Gasteiger partial charge in [0.05, 0.1) is 11.6 Å². The Labute approximate surface area is 108 Å². The third-order valence-corrected chi connectivity index (χ3v) is 3.26. The van der Waals surface area contributed by atoms with Crippen molar-refractivity contribution in [1.29, 1.82) is 0 Å². The SMILES string of the molecule is Cc1cc2[nH]cc(OS(C)(=O)=O)c(=O)c2cc1Cl. The average Bonchev–Trinajstić information content (AvgIpc) is 2.24. The number of fused-ring (bicyclic) bond motifs is 1. The van der Waals surface area contributed by atoms with Crippen LogP contribution in [0.3, 0.4) is 0 Å². The number of aryl methyl sites for hydroxylation is 1. The monoisotopic (exact) mass is 287 g/mol. The molecular weight excluding hydrogens is 278 g/mol. The summed E-state index contributed by atoms with van der Waals surface area (Å²) in [4.78, 5) is 14.8. The fourth-order valence-corrected chi connectivity index (χ4v) is 2.17. The number of benzene rings is 1. The topological polar surface area (TPSA) is 76.2 Å². The molecule has 0 amide bonds. The van der Waals surface area contributed by atoms with Crippen LogP contribution >= 0.6 is 11.6 Å². The highest BCUT2D eigenvalue weighted by molar-refractivity contribution is 7.86. The van der Waals surface area contributed by atoms with Crippen molar-refractivity contribution in [3.63, 3.8) is 0 Å². The molecule has 2 aromatic rings. The molecule has 1 aromatic carbocycles. The van der Waals surface area contributed by atoms with Gasteiger partial charge in [-0.15, -0.1) is 0 Å². The Morgan fingerprint density at radius 3 is 2.61 bits per heavy atom. The first-order valence-corrected chi connectivity index (χ1v) is 7.18. The summed E-state index contributed by atoms with van der Waals surface area (Å²) >= 11 is 5.93. The lowest BCUT2D eigenvalue weighted by atomic mass is 10.1. The van der Waals surface area contributed by atoms with Gasteiger partial charge in [-0.1, -0.05) is 11.6 Å². The second kappa shape index (κ2) is 4.29. The summed E-state index contributed by atoms with van der Waals surface area (Å²) in [5.74, 6) is -0.273. The molecular formula is C11H10ClNO4S. The standard InChI is InChI=1S/C11H10ClNO4S/c1-6-3-9-7(4-8(6)12)11(14)10(5-13-9)17-18(2,15)16/h3-5H,1-2H3,(H,13,14). The van der Waals surface area contributed by atoms with Gasteiger partial charge in [0.1, 0.15) is 0 Å². The van der Waals surface area contributed by atoms with E-state index in [1.807, 2.05) is 0 Å². The van der Waals surface area contributed by atoms with Crippen LogP contribution in [0.5, 0.6) is 5.75 Å². The van der Waals surface area contributed by atoms with Gasteiger partial charge in [-0.25, -0.2) is 0 Å². The maximum atomic E-state index is 12.0. The maximum Gasteiger partial charge on any atom is 0.306 e. The van der Waals surface area contributed by atoms with Crippen molar-refractivity contribution in [3.05, 3.63) is 39.1 Å². The number of aromatic amines is 1. The summed E-state index contributed by atoms with van der Waals surface area (Å²) in [5.41, 5.74) is 0.871. The number of aromatic nitrogens is 1. The molecule has 0 aliphatic carbocycles. The van der Waals surface area contributed by atoms with Crippen LogP contribution in [-0.4, -0.2) is 19.7 Å². The molecule has 0 aliphatic rings. The fourth-order valence-electron chi connectivity index (χ4n) is 1.56. The number of H-pyrrole nitrogens is 1. The zero-order valence-corrected chi connectivity index (χ0v) is 11.2. The van der Waals surface area contributed by atoms with Crippen molar-refractivity contribution < 1.29 is 12.6 Å². The normalized spacial score (nSPS) is 11.7. The summed E-state index contributed by atoms with van der Waals surface area (Å²) in [7, 11) is -3.74. The summed E-state index contributed by atoms with van der Waals surface area (Å²) < 4.78 is 26.6. The van der Waals surface area contributed by atoms with E-state index in [1.165, 1.54) is 12.3 Å². The Hall–Kier alpha value is -1.53. The van der Waals surface area contributed by atoms with Gasteiger partial charge in [-0.05, 0) is 24.6 Å². The molecule has 0 spiro atoms. The Bertz CT molecular complexity index is 779. The maximum absolute atomic E-state index is 12.0. The van der Waals surface area contributed by atoms with E-state index in [-0.39, 0.29) is 11.1 Å². The van der Waals surface area contributed by atoms with Crippen LogP contribution in [0.4, 0.5) is 0 Å². The van der Waals surface area contributed by atoms with Gasteiger partial charge < -0.3 is 9.17 Å². The number of hydrogen-bond donors (Lipinski definition) is 1. The first-order valence-electron chi connectivity index (χ1n) is 4.99. The Kier molecular flexibility index (Phi) is 3.08. The van der Waals surface area contributed by atoms with Crippen LogP contribution in [0, 0.1) is 6.92 Å². The highest BCUT2D eigenvalue weighted by Gasteiger charge is 2.12. The number of hydrogen-bond acceptors (Lipinski definition) is 4. The predicted octanol–water partition coefficient (Wildman–Crippen LogP) is 1.83. The van der Waals surface area contributed by atoms with E-state index in [2.05, 4.69) is 9.17 Å². The minimum absolute atomic E-state index is 0.273. The molecule has 1 heterocycles. The van der Waals surface area contributed by atoms with E-state index >= 15 is 0 Å². The van der Waals surface area contributed by atoms with Crippen molar-refractivity contribution in [1.82, 2.24) is 4.98 Å². The van der Waals surface area contributed by atoms with E-state index in [0.29, 0.717) is 10.5 Å². The van der Waals surface area contributed by atoms with Gasteiger partial charge in [-0.2, -0.15) is 8.42 Å². The molecule has 0 saturated carbocycles. The summed E-state index contributed by atoms with van der Waals surface area (Å²) in [6, 6.07) is 3.20. The second-order valence-corrected chi connectivity index (χ2v) is 5.90. The molecule has 1 N–H and O–H groups in total. The molecule has 0 bridgehead atoms. The van der Waals surface area contributed by atoms with E-state index in [9.17, 15) is 13.2 Å². The highest BCUT2D eigenvalue weighted by Crippen LogP contribution is 2.21. The van der Waals surface area contributed by atoms with Gasteiger partial charge >= 0.3 is 10.1 Å². The average molecular weight is 288 g/mol. The van der Waals surface area contributed by atoms with Gasteiger partial charge in [0.15, 0.2) is 0 Å². The predicted molar refractivity (Wildman–Crippen MR) is 69.8 cm³/mol. The van der Waals surface area contributed by atoms with Gasteiger partial charge in [0, 0.05) is 16.7 Å². The molecule has 0 fully saturated rings. The van der Waals surface area contributed by atoms with Crippen LogP contribution in [0.25, 0.3) is 10.9 Å². The first kappa shape index (κ1) is 12.9. The zero-order chi connectivity index (χ0) is 13.5. The highest BCUT2D eigenvalue weighted by atomic mass is 35.5. The van der Waals surface area contributed by atoms with E-state index in [0.717, 1.165) is 11.8 Å². The minimum atomic E-state index is -3.74. The molecule has 0 unspecified atom stereocenters. The quantitative estimate of drug-likeness (QED) is 0.855. The Morgan fingerprint density at radius 1 is 1.33 bits per heavy atom. The smallest absolute Gasteiger partial charge is 0.306 e. The van der Waals surface area contributed by atoms with Crippen molar-refractivity contribution in [2.75, 3.05) is 6.26 Å². The molecule has 0 radical (unpaired) electrons. The molecule has 5 nitrogen and oxygen atoms in total. The van der Waals surface area contributed by atoms with Crippen molar-refractivity contribution in [2.45, 2.75) is 6.92 Å². The Balaban J connectivity index is 2.72.